The molecule has 0 radical (unpaired) electrons. The molecule has 0 aromatic heterocycles. The normalized spacial score (nSPS) is 18.8. The second-order valence-corrected chi connectivity index (χ2v) is 8.40. The highest BCUT2D eigenvalue weighted by Crippen LogP contribution is 2.49. The minimum Gasteiger partial charge on any atom is -0.465 e. The lowest BCUT2D eigenvalue weighted by Crippen LogP contribution is -2.43. The Hall–Kier alpha value is -2.82. The highest BCUT2D eigenvalue weighted by molar-refractivity contribution is 6.42. The number of hydrogen-bond donors (Lipinski definition) is 1. The first-order valence-electron chi connectivity index (χ1n) is 9.80. The minimum absolute atomic E-state index is 0.00848. The summed E-state index contributed by atoms with van der Waals surface area (Å²) in [5.41, 5.74) is -2.39. The third kappa shape index (κ3) is 4.57. The Morgan fingerprint density at radius 1 is 1.21 bits per heavy atom. The number of carboxylic acid groups (broad SMARTS) is 1. The number of aryl methyl sites for hydroxylation is 1. The van der Waals surface area contributed by atoms with Crippen molar-refractivity contribution in [3.8, 4) is 0 Å². The molecule has 7 nitrogen and oxygen atoms in total. The van der Waals surface area contributed by atoms with Crippen LogP contribution in [0, 0.1) is 6.92 Å². The molecule has 1 N–H and O–H groups in total. The average molecular weight is 519 g/mol. The molecule has 2 aromatic rings. The zero-order chi connectivity index (χ0) is 25.4. The van der Waals surface area contributed by atoms with E-state index in [1.165, 1.54) is 51.3 Å². The first-order valence-corrected chi connectivity index (χ1v) is 10.6. The Labute approximate surface area is 202 Å². The van der Waals surface area contributed by atoms with Gasteiger partial charge in [0.1, 0.15) is 6.23 Å². The van der Waals surface area contributed by atoms with Crippen molar-refractivity contribution in [2.24, 2.45) is 5.16 Å². The summed E-state index contributed by atoms with van der Waals surface area (Å²) in [4.78, 5) is 29.8. The van der Waals surface area contributed by atoms with Gasteiger partial charge in [0.2, 0.25) is 0 Å². The number of carbonyl (C=O) groups excluding carboxylic acids is 1. The molecule has 3 rings (SSSR count). The summed E-state index contributed by atoms with van der Waals surface area (Å²) < 4.78 is 47.4. The first-order chi connectivity index (χ1) is 15.8. The highest BCUT2D eigenvalue weighted by Gasteiger charge is 2.62. The van der Waals surface area contributed by atoms with Crippen molar-refractivity contribution in [2.45, 2.75) is 38.3 Å². The summed E-state index contributed by atoms with van der Waals surface area (Å²) in [5, 5.41) is 13.1. The lowest BCUT2D eigenvalue weighted by atomic mass is 9.86. The van der Waals surface area contributed by atoms with Crippen molar-refractivity contribution in [3.63, 3.8) is 0 Å². The van der Waals surface area contributed by atoms with E-state index in [9.17, 15) is 27.9 Å². The molecule has 1 aliphatic rings. The number of alkyl halides is 3. The maximum Gasteiger partial charge on any atom is 0.435 e. The molecule has 1 aliphatic heterocycles. The van der Waals surface area contributed by atoms with Crippen molar-refractivity contribution >= 4 is 40.9 Å². The monoisotopic (exact) mass is 518 g/mol. The number of imide groups is 1. The van der Waals surface area contributed by atoms with Gasteiger partial charge in [-0.25, -0.2) is 9.69 Å². The summed E-state index contributed by atoms with van der Waals surface area (Å²) in [6.07, 6.45) is -8.04. The van der Waals surface area contributed by atoms with Crippen LogP contribution in [0.2, 0.25) is 10.0 Å². The van der Waals surface area contributed by atoms with E-state index in [2.05, 4.69) is 5.16 Å². The summed E-state index contributed by atoms with van der Waals surface area (Å²) in [7, 11) is 1.25. The van der Waals surface area contributed by atoms with Crippen molar-refractivity contribution in [3.05, 3.63) is 68.7 Å². The van der Waals surface area contributed by atoms with Crippen LogP contribution in [0.5, 0.6) is 0 Å². The van der Waals surface area contributed by atoms with Crippen LogP contribution >= 0.6 is 23.2 Å². The van der Waals surface area contributed by atoms with Crippen molar-refractivity contribution in [1.29, 1.82) is 0 Å². The molecular formula is C22H19Cl2F3N2O5. The molecule has 0 aliphatic carbocycles. The molecular weight excluding hydrogens is 500 g/mol. The second kappa shape index (κ2) is 9.44. The Balaban J connectivity index is 1.94. The van der Waals surface area contributed by atoms with Gasteiger partial charge in [0, 0.05) is 24.7 Å². The number of methoxy groups -OCH3 is 1. The number of carbonyl (C=O) groups is 2. The summed E-state index contributed by atoms with van der Waals surface area (Å²) in [5.74, 6) is -0.837. The van der Waals surface area contributed by atoms with Crippen LogP contribution in [0.4, 0.5) is 18.0 Å². The van der Waals surface area contributed by atoms with Gasteiger partial charge in [-0.1, -0.05) is 40.5 Å². The third-order valence-corrected chi connectivity index (χ3v) is 6.23. The van der Waals surface area contributed by atoms with Crippen LogP contribution < -0.4 is 0 Å². The number of oxime groups is 1. The molecule has 0 bridgehead atoms. The van der Waals surface area contributed by atoms with Crippen molar-refractivity contribution in [1.82, 2.24) is 4.90 Å². The van der Waals surface area contributed by atoms with E-state index < -0.39 is 36.4 Å². The third-order valence-electron chi connectivity index (χ3n) is 5.49. The summed E-state index contributed by atoms with van der Waals surface area (Å²) in [6.45, 7) is 2.92. The van der Waals surface area contributed by atoms with Crippen LogP contribution in [-0.2, 0) is 15.2 Å². The molecule has 2 atom stereocenters. The van der Waals surface area contributed by atoms with Gasteiger partial charge < -0.3 is 14.7 Å². The predicted octanol–water partition coefficient (Wildman–Crippen LogP) is 6.00. The van der Waals surface area contributed by atoms with E-state index in [1.54, 1.807) is 0 Å². The Morgan fingerprint density at radius 2 is 1.88 bits per heavy atom. The average Bonchev–Trinajstić information content (AvgIpc) is 3.22. The van der Waals surface area contributed by atoms with Crippen LogP contribution in [0.25, 0.3) is 0 Å². The lowest BCUT2D eigenvalue weighted by molar-refractivity contribution is -0.275. The van der Waals surface area contributed by atoms with Crippen LogP contribution in [-0.4, -0.2) is 47.2 Å². The molecule has 0 saturated heterocycles. The number of rotatable bonds is 5. The van der Waals surface area contributed by atoms with E-state index in [1.807, 2.05) is 0 Å². The van der Waals surface area contributed by atoms with Crippen LogP contribution in [0.1, 0.15) is 40.4 Å². The van der Waals surface area contributed by atoms with E-state index in [0.717, 1.165) is 6.07 Å². The number of benzene rings is 2. The fraction of sp³-hybridized carbons (Fsp3) is 0.318. The van der Waals surface area contributed by atoms with Gasteiger partial charge in [-0.15, -0.1) is 0 Å². The number of amides is 2. The fourth-order valence-corrected chi connectivity index (χ4v) is 3.83. The van der Waals surface area contributed by atoms with Gasteiger partial charge in [0.15, 0.2) is 0 Å². The van der Waals surface area contributed by atoms with Gasteiger partial charge in [0.25, 0.3) is 11.5 Å². The molecule has 2 aromatic carbocycles. The lowest BCUT2D eigenvalue weighted by Gasteiger charge is -2.29. The van der Waals surface area contributed by atoms with E-state index in [4.69, 9.17) is 32.8 Å². The van der Waals surface area contributed by atoms with Gasteiger partial charge in [-0.3, -0.25) is 4.79 Å². The maximum atomic E-state index is 14.2. The quantitative estimate of drug-likeness (QED) is 0.490. The molecule has 12 heteroatoms. The van der Waals surface area contributed by atoms with Gasteiger partial charge in [-0.2, -0.15) is 13.2 Å². The number of nitrogens with zero attached hydrogens (tertiary/aromatic N) is 2. The standard InChI is InChI=1S/C22H19Cl2F3N2O5/c1-11-8-13(4-6-15(11)19(30)29(20(31)32)12(2)33-3)18-10-21(34-28-18,22(25,26)27)14-5-7-16(23)17(24)9-14/h4-9,12H,10H2,1-3H3,(H,31,32). The molecule has 0 saturated carbocycles. The Bertz CT molecular complexity index is 1170. The smallest absolute Gasteiger partial charge is 0.435 e. The SMILES string of the molecule is COC(C)N(C(=O)O)C(=O)c1ccc(C2=NOC(c3ccc(Cl)c(Cl)c3)(C(F)(F)F)C2)cc1C. The Kier molecular flexibility index (Phi) is 7.16. The molecule has 0 fully saturated rings. The number of ether oxygens (including phenoxy) is 1. The van der Waals surface area contributed by atoms with Crippen LogP contribution in [0.3, 0.4) is 0 Å². The van der Waals surface area contributed by atoms with E-state index in [-0.39, 0.29) is 32.4 Å². The number of hydrogen-bond acceptors (Lipinski definition) is 5. The first kappa shape index (κ1) is 25.8. The highest BCUT2D eigenvalue weighted by atomic mass is 35.5. The van der Waals surface area contributed by atoms with Crippen molar-refractivity contribution < 1.29 is 37.4 Å². The molecule has 2 amide bonds. The zero-order valence-corrected chi connectivity index (χ0v) is 19.6. The second-order valence-electron chi connectivity index (χ2n) is 7.58. The molecule has 182 valence electrons. The van der Waals surface area contributed by atoms with Crippen LogP contribution in [0.15, 0.2) is 41.6 Å². The van der Waals surface area contributed by atoms with Crippen molar-refractivity contribution in [2.75, 3.05) is 7.11 Å². The fourth-order valence-electron chi connectivity index (χ4n) is 3.53. The van der Waals surface area contributed by atoms with E-state index in [0.29, 0.717) is 10.5 Å². The van der Waals surface area contributed by atoms with Gasteiger partial charge in [0.05, 0.1) is 15.8 Å². The van der Waals surface area contributed by atoms with Gasteiger partial charge >= 0.3 is 12.3 Å². The minimum atomic E-state index is -4.83. The summed E-state index contributed by atoms with van der Waals surface area (Å²) >= 11 is 11.8. The molecule has 2 unspecified atom stereocenters. The molecule has 0 spiro atoms. The Morgan fingerprint density at radius 3 is 2.41 bits per heavy atom. The zero-order valence-electron chi connectivity index (χ0n) is 18.1. The largest absolute Gasteiger partial charge is 0.465 e. The predicted molar refractivity (Wildman–Crippen MR) is 118 cm³/mol. The number of halogens is 5. The topological polar surface area (TPSA) is 88.4 Å². The van der Waals surface area contributed by atoms with Gasteiger partial charge in [-0.05, 0) is 49.2 Å². The molecule has 1 heterocycles. The summed E-state index contributed by atoms with van der Waals surface area (Å²) in [6, 6.07) is 7.63. The van der Waals surface area contributed by atoms with E-state index >= 15 is 0 Å². The maximum absolute atomic E-state index is 14.2. The molecule has 34 heavy (non-hydrogen) atoms.